The molecular weight excluding hydrogens is 256 g/mol. The van der Waals surface area contributed by atoms with E-state index in [0.29, 0.717) is 0 Å². The zero-order chi connectivity index (χ0) is 15.1. The van der Waals surface area contributed by atoms with Gasteiger partial charge in [-0.05, 0) is 39.0 Å². The lowest BCUT2D eigenvalue weighted by Crippen LogP contribution is -2.19. The van der Waals surface area contributed by atoms with E-state index in [4.69, 9.17) is 14.9 Å². The van der Waals surface area contributed by atoms with Gasteiger partial charge in [-0.1, -0.05) is 30.2 Å². The first-order valence-corrected chi connectivity index (χ1v) is 7.38. The molecule has 0 spiro atoms. The van der Waals surface area contributed by atoms with E-state index in [0.717, 1.165) is 30.4 Å². The molecule has 1 rings (SSSR count). The second-order valence-electron chi connectivity index (χ2n) is 5.71. The Hall–Kier alpha value is -0.680. The fourth-order valence-electron chi connectivity index (χ4n) is 2.28. The summed E-state index contributed by atoms with van der Waals surface area (Å²) in [4.78, 5) is 0. The molecule has 1 fully saturated rings. The molecule has 0 bridgehead atoms. The Morgan fingerprint density at radius 1 is 1.15 bits per heavy atom. The standard InChI is InChI=1S/C16H28O4/c1-11(12(2)7-8-17)5-4-6-14(19)13(3)9-15-16(10-18)20-15/h5,7,13-19H,4,6,8-10H2,1-3H3/b11-5+,12-7+/t13-,14-,15-,16-/m0/s1. The van der Waals surface area contributed by atoms with Crippen LogP contribution >= 0.6 is 0 Å². The van der Waals surface area contributed by atoms with Crippen LogP contribution in [-0.2, 0) is 4.74 Å². The van der Waals surface area contributed by atoms with Crippen molar-refractivity contribution in [1.29, 1.82) is 0 Å². The number of hydrogen-bond acceptors (Lipinski definition) is 4. The first-order chi connectivity index (χ1) is 9.49. The van der Waals surface area contributed by atoms with Crippen LogP contribution in [0.4, 0.5) is 0 Å². The molecule has 4 atom stereocenters. The van der Waals surface area contributed by atoms with Crippen LogP contribution in [0.25, 0.3) is 0 Å². The fourth-order valence-corrected chi connectivity index (χ4v) is 2.28. The molecule has 0 aromatic rings. The number of epoxide rings is 1. The van der Waals surface area contributed by atoms with Crippen LogP contribution in [0.5, 0.6) is 0 Å². The SMILES string of the molecule is CC(=C\CO)/C(C)=C/CC[C@H](O)[C@@H](C)C[C@@H]1O[C@H]1CO. The minimum atomic E-state index is -0.343. The summed E-state index contributed by atoms with van der Waals surface area (Å²) in [5, 5.41) is 27.8. The molecule has 4 nitrogen and oxygen atoms in total. The molecule has 1 heterocycles. The maximum atomic E-state index is 10.1. The summed E-state index contributed by atoms with van der Waals surface area (Å²) in [6.45, 7) is 6.14. The van der Waals surface area contributed by atoms with E-state index in [9.17, 15) is 5.11 Å². The topological polar surface area (TPSA) is 73.2 Å². The molecule has 0 aromatic heterocycles. The van der Waals surface area contributed by atoms with Crippen molar-refractivity contribution in [3.63, 3.8) is 0 Å². The van der Waals surface area contributed by atoms with Gasteiger partial charge in [0, 0.05) is 0 Å². The van der Waals surface area contributed by atoms with Crippen molar-refractivity contribution in [2.24, 2.45) is 5.92 Å². The summed E-state index contributed by atoms with van der Waals surface area (Å²) in [5.74, 6) is 0.180. The van der Waals surface area contributed by atoms with Crippen LogP contribution in [0.15, 0.2) is 23.3 Å². The van der Waals surface area contributed by atoms with E-state index in [2.05, 4.69) is 6.08 Å². The van der Waals surface area contributed by atoms with Crippen LogP contribution in [0.2, 0.25) is 0 Å². The van der Waals surface area contributed by atoms with E-state index >= 15 is 0 Å². The minimum absolute atomic E-state index is 0.0157. The number of allylic oxidation sites excluding steroid dienone is 3. The molecule has 1 aliphatic rings. The highest BCUT2D eigenvalue weighted by Gasteiger charge is 2.39. The van der Waals surface area contributed by atoms with Gasteiger partial charge in [0.1, 0.15) is 6.10 Å². The quantitative estimate of drug-likeness (QED) is 0.446. The Kier molecular flexibility index (Phi) is 7.45. The first kappa shape index (κ1) is 17.4. The highest BCUT2D eigenvalue weighted by molar-refractivity contribution is 5.26. The number of hydrogen-bond donors (Lipinski definition) is 3. The summed E-state index contributed by atoms with van der Waals surface area (Å²) in [6, 6.07) is 0. The molecule has 0 saturated carbocycles. The Morgan fingerprint density at radius 2 is 1.80 bits per heavy atom. The van der Waals surface area contributed by atoms with E-state index in [-0.39, 0.29) is 37.4 Å². The third-order valence-electron chi connectivity index (χ3n) is 4.06. The smallest absolute Gasteiger partial charge is 0.107 e. The van der Waals surface area contributed by atoms with E-state index in [1.165, 1.54) is 0 Å². The Balaban J connectivity index is 2.27. The molecule has 0 unspecified atom stereocenters. The average molecular weight is 284 g/mol. The Bertz CT molecular complexity index is 348. The van der Waals surface area contributed by atoms with Gasteiger partial charge in [0.2, 0.25) is 0 Å². The van der Waals surface area contributed by atoms with Gasteiger partial charge < -0.3 is 20.1 Å². The molecule has 20 heavy (non-hydrogen) atoms. The minimum Gasteiger partial charge on any atom is -0.394 e. The summed E-state index contributed by atoms with van der Waals surface area (Å²) in [7, 11) is 0. The second kappa shape index (κ2) is 8.57. The van der Waals surface area contributed by atoms with Crippen molar-refractivity contribution < 1.29 is 20.1 Å². The lowest BCUT2D eigenvalue weighted by atomic mass is 9.94. The summed E-state index contributed by atoms with van der Waals surface area (Å²) >= 11 is 0. The van der Waals surface area contributed by atoms with Crippen molar-refractivity contribution >= 4 is 0 Å². The van der Waals surface area contributed by atoms with Gasteiger partial charge in [0.15, 0.2) is 0 Å². The van der Waals surface area contributed by atoms with Gasteiger partial charge >= 0.3 is 0 Å². The molecule has 4 heteroatoms. The second-order valence-corrected chi connectivity index (χ2v) is 5.71. The van der Waals surface area contributed by atoms with Gasteiger partial charge in [0.25, 0.3) is 0 Å². The van der Waals surface area contributed by atoms with Crippen molar-refractivity contribution in [1.82, 2.24) is 0 Å². The zero-order valence-corrected chi connectivity index (χ0v) is 12.7. The maximum Gasteiger partial charge on any atom is 0.107 e. The van der Waals surface area contributed by atoms with Gasteiger partial charge in [-0.15, -0.1) is 0 Å². The van der Waals surface area contributed by atoms with Crippen molar-refractivity contribution in [3.8, 4) is 0 Å². The molecule has 116 valence electrons. The molecule has 1 aliphatic heterocycles. The lowest BCUT2D eigenvalue weighted by molar-refractivity contribution is 0.0990. The van der Waals surface area contributed by atoms with Crippen molar-refractivity contribution in [2.75, 3.05) is 13.2 Å². The maximum absolute atomic E-state index is 10.1. The van der Waals surface area contributed by atoms with Gasteiger partial charge in [-0.25, -0.2) is 0 Å². The van der Waals surface area contributed by atoms with Crippen LogP contribution in [0.3, 0.4) is 0 Å². The van der Waals surface area contributed by atoms with Crippen molar-refractivity contribution in [2.45, 2.75) is 58.3 Å². The highest BCUT2D eigenvalue weighted by atomic mass is 16.6. The number of aliphatic hydroxyl groups is 3. The van der Waals surface area contributed by atoms with E-state index in [1.54, 1.807) is 6.08 Å². The highest BCUT2D eigenvalue weighted by Crippen LogP contribution is 2.30. The third-order valence-corrected chi connectivity index (χ3v) is 4.06. The Labute approximate surface area is 121 Å². The number of aliphatic hydroxyl groups excluding tert-OH is 3. The van der Waals surface area contributed by atoms with Gasteiger partial charge in [0.05, 0.1) is 25.4 Å². The third kappa shape index (κ3) is 5.75. The monoisotopic (exact) mass is 284 g/mol. The van der Waals surface area contributed by atoms with Gasteiger partial charge in [-0.2, -0.15) is 0 Å². The molecule has 0 amide bonds. The fraction of sp³-hybridized carbons (Fsp3) is 0.750. The van der Waals surface area contributed by atoms with Crippen LogP contribution in [-0.4, -0.2) is 46.8 Å². The summed E-state index contributed by atoms with van der Waals surface area (Å²) in [5.41, 5.74) is 2.22. The first-order valence-electron chi connectivity index (χ1n) is 7.38. The normalized spacial score (nSPS) is 26.5. The molecular formula is C16H28O4. The van der Waals surface area contributed by atoms with E-state index in [1.807, 2.05) is 20.8 Å². The van der Waals surface area contributed by atoms with Crippen molar-refractivity contribution in [3.05, 3.63) is 23.3 Å². The Morgan fingerprint density at radius 3 is 2.35 bits per heavy atom. The van der Waals surface area contributed by atoms with Crippen LogP contribution in [0, 0.1) is 5.92 Å². The number of rotatable bonds is 9. The molecule has 0 radical (unpaired) electrons. The zero-order valence-electron chi connectivity index (χ0n) is 12.7. The molecule has 0 aromatic carbocycles. The molecule has 3 N–H and O–H groups in total. The average Bonchev–Trinajstić information content (AvgIpc) is 3.16. The molecule has 0 aliphatic carbocycles. The molecule has 1 saturated heterocycles. The van der Waals surface area contributed by atoms with Crippen LogP contribution in [0.1, 0.15) is 40.0 Å². The summed E-state index contributed by atoms with van der Waals surface area (Å²) in [6.07, 6.45) is 5.99. The predicted molar refractivity (Wildman–Crippen MR) is 79.4 cm³/mol. The largest absolute Gasteiger partial charge is 0.394 e. The predicted octanol–water partition coefficient (Wildman–Crippen LogP) is 1.80. The van der Waals surface area contributed by atoms with E-state index < -0.39 is 0 Å². The van der Waals surface area contributed by atoms with Crippen LogP contribution < -0.4 is 0 Å². The lowest BCUT2D eigenvalue weighted by Gasteiger charge is -2.17. The van der Waals surface area contributed by atoms with Gasteiger partial charge in [-0.3, -0.25) is 0 Å². The summed E-state index contributed by atoms with van der Waals surface area (Å²) < 4.78 is 5.28. The number of ether oxygens (including phenoxy) is 1.